The minimum absolute atomic E-state index is 0.0847. The van der Waals surface area contributed by atoms with Crippen molar-refractivity contribution in [3.63, 3.8) is 0 Å². The summed E-state index contributed by atoms with van der Waals surface area (Å²) >= 11 is 1.53. The van der Waals surface area contributed by atoms with E-state index in [0.717, 1.165) is 23.6 Å². The number of rotatable bonds is 6. The van der Waals surface area contributed by atoms with Crippen LogP contribution in [0.2, 0.25) is 0 Å². The van der Waals surface area contributed by atoms with Crippen LogP contribution < -0.4 is 5.32 Å². The number of hydrogen-bond acceptors (Lipinski definition) is 4. The predicted octanol–water partition coefficient (Wildman–Crippen LogP) is 3.37. The maximum absolute atomic E-state index is 13.6. The van der Waals surface area contributed by atoms with E-state index in [1.54, 1.807) is 6.20 Å². The molecule has 3 nitrogen and oxygen atoms in total. The summed E-state index contributed by atoms with van der Waals surface area (Å²) < 4.78 is 26.5. The van der Waals surface area contributed by atoms with Gasteiger partial charge >= 0.3 is 0 Å². The first-order chi connectivity index (χ1) is 9.96. The molecule has 1 heterocycles. The molecule has 2 N–H and O–H groups in total. The smallest absolute Gasteiger partial charge is 0.131 e. The van der Waals surface area contributed by atoms with Gasteiger partial charge in [-0.05, 0) is 19.4 Å². The van der Waals surface area contributed by atoms with Crippen LogP contribution in [-0.2, 0) is 5.54 Å². The van der Waals surface area contributed by atoms with E-state index < -0.39 is 17.7 Å². The van der Waals surface area contributed by atoms with Crippen molar-refractivity contribution in [1.82, 2.24) is 10.3 Å². The van der Waals surface area contributed by atoms with Gasteiger partial charge in [-0.25, -0.2) is 13.8 Å². The second-order valence-electron chi connectivity index (χ2n) is 5.09. The van der Waals surface area contributed by atoms with E-state index in [2.05, 4.69) is 10.3 Å². The quantitative estimate of drug-likeness (QED) is 0.859. The summed E-state index contributed by atoms with van der Waals surface area (Å²) in [6.45, 7) is 4.16. The van der Waals surface area contributed by atoms with Gasteiger partial charge in [0, 0.05) is 29.8 Å². The van der Waals surface area contributed by atoms with Gasteiger partial charge in [-0.1, -0.05) is 13.0 Å². The zero-order valence-electron chi connectivity index (χ0n) is 11.9. The van der Waals surface area contributed by atoms with Gasteiger partial charge in [0.25, 0.3) is 0 Å². The van der Waals surface area contributed by atoms with Gasteiger partial charge < -0.3 is 10.4 Å². The maximum Gasteiger partial charge on any atom is 0.131 e. The molecule has 0 spiro atoms. The summed E-state index contributed by atoms with van der Waals surface area (Å²) in [6.07, 6.45) is 1.46. The van der Waals surface area contributed by atoms with Crippen LogP contribution in [-0.4, -0.2) is 16.6 Å². The van der Waals surface area contributed by atoms with Crippen molar-refractivity contribution in [2.45, 2.75) is 31.9 Å². The van der Waals surface area contributed by atoms with Gasteiger partial charge in [0.2, 0.25) is 0 Å². The lowest BCUT2D eigenvalue weighted by molar-refractivity contribution is 0.152. The SMILES string of the molecule is CCC(C)(NCC(O)c1ccc(F)cc1F)c1nccs1. The van der Waals surface area contributed by atoms with Crippen LogP contribution in [0.4, 0.5) is 8.78 Å². The van der Waals surface area contributed by atoms with Crippen LogP contribution in [0.5, 0.6) is 0 Å². The summed E-state index contributed by atoms with van der Waals surface area (Å²) in [5.74, 6) is -1.39. The Morgan fingerprint density at radius 2 is 2.19 bits per heavy atom. The van der Waals surface area contributed by atoms with Crippen LogP contribution in [0.15, 0.2) is 29.8 Å². The third-order valence-corrected chi connectivity index (χ3v) is 4.66. The third kappa shape index (κ3) is 3.64. The molecule has 2 unspecified atom stereocenters. The van der Waals surface area contributed by atoms with Gasteiger partial charge in [0.05, 0.1) is 11.6 Å². The Labute approximate surface area is 126 Å². The molecule has 0 saturated heterocycles. The molecule has 1 aromatic heterocycles. The molecular formula is C15H18F2N2OS. The van der Waals surface area contributed by atoms with E-state index in [-0.39, 0.29) is 17.6 Å². The van der Waals surface area contributed by atoms with Gasteiger partial charge in [0.1, 0.15) is 16.6 Å². The molecule has 2 rings (SSSR count). The van der Waals surface area contributed by atoms with E-state index in [0.29, 0.717) is 0 Å². The molecule has 0 aliphatic carbocycles. The molecule has 0 aliphatic rings. The van der Waals surface area contributed by atoms with Crippen molar-refractivity contribution >= 4 is 11.3 Å². The summed E-state index contributed by atoms with van der Waals surface area (Å²) in [4.78, 5) is 4.29. The molecule has 21 heavy (non-hydrogen) atoms. The summed E-state index contributed by atoms with van der Waals surface area (Å²) in [6, 6.07) is 3.18. The Balaban J connectivity index is 2.07. The third-order valence-electron chi connectivity index (χ3n) is 3.62. The van der Waals surface area contributed by atoms with E-state index >= 15 is 0 Å². The minimum atomic E-state index is -1.04. The van der Waals surface area contributed by atoms with E-state index in [1.807, 2.05) is 19.2 Å². The first kappa shape index (κ1) is 16.0. The fourth-order valence-electron chi connectivity index (χ4n) is 2.05. The first-order valence-electron chi connectivity index (χ1n) is 6.74. The molecule has 0 bridgehead atoms. The number of hydrogen-bond donors (Lipinski definition) is 2. The molecule has 0 radical (unpaired) electrons. The number of benzene rings is 1. The zero-order chi connectivity index (χ0) is 15.5. The molecule has 6 heteroatoms. The number of halogens is 2. The van der Waals surface area contributed by atoms with Crippen LogP contribution in [0.1, 0.15) is 36.9 Å². The van der Waals surface area contributed by atoms with Crippen molar-refractivity contribution in [2.75, 3.05) is 6.54 Å². The number of nitrogens with one attached hydrogen (secondary N) is 1. The average Bonchev–Trinajstić information content (AvgIpc) is 2.99. The number of nitrogens with zero attached hydrogens (tertiary/aromatic N) is 1. The van der Waals surface area contributed by atoms with Crippen LogP contribution in [0.3, 0.4) is 0 Å². The molecule has 0 amide bonds. The molecule has 1 aromatic carbocycles. The average molecular weight is 312 g/mol. The maximum atomic E-state index is 13.6. The highest BCUT2D eigenvalue weighted by atomic mass is 32.1. The lowest BCUT2D eigenvalue weighted by atomic mass is 9.98. The second-order valence-corrected chi connectivity index (χ2v) is 5.98. The Kier molecular flexibility index (Phi) is 5.03. The van der Waals surface area contributed by atoms with Crippen LogP contribution in [0.25, 0.3) is 0 Å². The van der Waals surface area contributed by atoms with E-state index in [4.69, 9.17) is 0 Å². The Morgan fingerprint density at radius 1 is 1.43 bits per heavy atom. The van der Waals surface area contributed by atoms with Crippen LogP contribution in [0, 0.1) is 11.6 Å². The predicted molar refractivity (Wildman–Crippen MR) is 79.1 cm³/mol. The van der Waals surface area contributed by atoms with Crippen molar-refractivity contribution < 1.29 is 13.9 Å². The highest BCUT2D eigenvalue weighted by molar-refractivity contribution is 7.09. The molecule has 114 valence electrons. The Hall–Kier alpha value is -1.37. The Bertz CT molecular complexity index is 591. The molecule has 0 fully saturated rings. The van der Waals surface area contributed by atoms with Gasteiger partial charge in [-0.3, -0.25) is 0 Å². The van der Waals surface area contributed by atoms with Crippen molar-refractivity contribution in [2.24, 2.45) is 0 Å². The number of aliphatic hydroxyl groups is 1. The highest BCUT2D eigenvalue weighted by Crippen LogP contribution is 2.27. The second kappa shape index (κ2) is 6.60. The largest absolute Gasteiger partial charge is 0.387 e. The topological polar surface area (TPSA) is 45.1 Å². The van der Waals surface area contributed by atoms with Gasteiger partial charge in [0.15, 0.2) is 0 Å². The van der Waals surface area contributed by atoms with Crippen molar-refractivity contribution in [3.8, 4) is 0 Å². The summed E-state index contributed by atoms with van der Waals surface area (Å²) in [5.41, 5.74) is -0.299. The number of aromatic nitrogens is 1. The van der Waals surface area contributed by atoms with E-state index in [1.165, 1.54) is 17.4 Å². The fraction of sp³-hybridized carbons (Fsp3) is 0.400. The standard InChI is InChI=1S/C15H18F2N2OS/c1-3-15(2,14-18-6-7-21-14)19-9-13(20)11-5-4-10(16)8-12(11)17/h4-8,13,19-20H,3,9H2,1-2H3. The number of thiazole rings is 1. The molecule has 0 aliphatic heterocycles. The molecule has 0 saturated carbocycles. The normalized spacial score (nSPS) is 15.7. The molecular weight excluding hydrogens is 294 g/mol. The van der Waals surface area contributed by atoms with Gasteiger partial charge in [-0.15, -0.1) is 11.3 Å². The lowest BCUT2D eigenvalue weighted by Crippen LogP contribution is -2.41. The molecule has 2 aromatic rings. The monoisotopic (exact) mass is 312 g/mol. The van der Waals surface area contributed by atoms with Crippen molar-refractivity contribution in [1.29, 1.82) is 0 Å². The highest BCUT2D eigenvalue weighted by Gasteiger charge is 2.28. The zero-order valence-corrected chi connectivity index (χ0v) is 12.8. The number of aliphatic hydroxyl groups excluding tert-OH is 1. The van der Waals surface area contributed by atoms with Crippen LogP contribution >= 0.6 is 11.3 Å². The van der Waals surface area contributed by atoms with E-state index in [9.17, 15) is 13.9 Å². The summed E-state index contributed by atoms with van der Waals surface area (Å²) in [7, 11) is 0. The Morgan fingerprint density at radius 3 is 2.76 bits per heavy atom. The molecule has 2 atom stereocenters. The summed E-state index contributed by atoms with van der Waals surface area (Å²) in [5, 5.41) is 16.1. The van der Waals surface area contributed by atoms with Crippen molar-refractivity contribution in [3.05, 3.63) is 52.0 Å². The minimum Gasteiger partial charge on any atom is -0.387 e. The first-order valence-corrected chi connectivity index (χ1v) is 7.62. The lowest BCUT2D eigenvalue weighted by Gasteiger charge is -2.29. The van der Waals surface area contributed by atoms with Gasteiger partial charge in [-0.2, -0.15) is 0 Å². The fourth-order valence-corrected chi connectivity index (χ4v) is 2.90.